The molecule has 0 saturated carbocycles. The molecule has 20 aromatic carbocycles. The molecule has 648 valence electrons. The van der Waals surface area contributed by atoms with Gasteiger partial charge in [-0.2, -0.15) is 0 Å². The summed E-state index contributed by atoms with van der Waals surface area (Å²) >= 11 is 0. The van der Waals surface area contributed by atoms with Gasteiger partial charge in [-0.3, -0.25) is 0 Å². The predicted octanol–water partition coefficient (Wildman–Crippen LogP) is 33.3. The highest BCUT2D eigenvalue weighted by atomic mass is 15.1. The Labute approximate surface area is 791 Å². The lowest BCUT2D eigenvalue weighted by molar-refractivity contribution is 0.748. The van der Waals surface area contributed by atoms with Gasteiger partial charge in [0.15, 0.2) is 0 Å². The van der Waals surface area contributed by atoms with Crippen molar-refractivity contribution in [1.29, 1.82) is 0 Å². The SMILES string of the molecule is Cc1cc2c3ccc4c5ccc(C(c6ccc7c8ccc9c%10cc(C)c(C)cc%10n(-c%10ccccc%10)c9c8n(-c8ccccc8)c7c6)(c6ccc7c8ccc9c%10cc(C)c(C)cc%10n(-c%10ccccc%10)c9c8n(-c8ccccc8)c7c6)c6ccc7c8ccc9c%10cc(C)c(C)cc%10n(-c%10ccccc%10)c9c8n(-c8ccccc8)c7c6)cc5n(-c5ccccc5)c4c3n(-c3ccccc3)c2cc1C. The van der Waals surface area contributed by atoms with Crippen LogP contribution < -0.4 is 0 Å². The zero-order valence-corrected chi connectivity index (χ0v) is 77.3. The molecule has 8 nitrogen and oxygen atoms in total. The maximum atomic E-state index is 2.62. The van der Waals surface area contributed by atoms with Crippen LogP contribution in [0.15, 0.2) is 413 Å². The smallest absolute Gasteiger partial charge is 0.0788 e. The number of fused-ring (bicyclic) bond motifs is 28. The molecule has 28 rings (SSSR count). The summed E-state index contributed by atoms with van der Waals surface area (Å²) in [6.07, 6.45) is 0. The summed E-state index contributed by atoms with van der Waals surface area (Å²) in [5, 5.41) is 18.9. The van der Waals surface area contributed by atoms with Gasteiger partial charge in [0.2, 0.25) is 0 Å². The van der Waals surface area contributed by atoms with E-state index in [1.54, 1.807) is 0 Å². The van der Waals surface area contributed by atoms with E-state index in [1.807, 2.05) is 0 Å². The van der Waals surface area contributed by atoms with Crippen LogP contribution in [0.3, 0.4) is 0 Å². The molecule has 0 spiro atoms. The summed E-state index contributed by atoms with van der Waals surface area (Å²) in [5.74, 6) is 0. The van der Waals surface area contributed by atoms with Gasteiger partial charge in [0, 0.05) is 132 Å². The lowest BCUT2D eigenvalue weighted by atomic mass is 9.64. The molecule has 137 heavy (non-hydrogen) atoms. The Bertz CT molecular complexity index is 8860. The minimum absolute atomic E-state index is 1.06. The molecular formula is C129H92N8. The summed E-state index contributed by atoms with van der Waals surface area (Å²) in [5.41, 5.74) is 40.1. The van der Waals surface area contributed by atoms with Gasteiger partial charge in [-0.25, -0.2) is 0 Å². The number of aromatic nitrogens is 8. The molecule has 0 aliphatic carbocycles. The van der Waals surface area contributed by atoms with Crippen molar-refractivity contribution in [3.63, 3.8) is 0 Å². The fraction of sp³-hybridized carbons (Fsp3) is 0.0698. The van der Waals surface area contributed by atoms with Crippen LogP contribution >= 0.6 is 0 Å². The van der Waals surface area contributed by atoms with Crippen molar-refractivity contribution in [2.75, 3.05) is 0 Å². The van der Waals surface area contributed by atoms with E-state index in [0.717, 1.165) is 177 Å². The van der Waals surface area contributed by atoms with Crippen LogP contribution in [0.5, 0.6) is 0 Å². The van der Waals surface area contributed by atoms with Gasteiger partial charge in [-0.05, 0) is 292 Å². The Morgan fingerprint density at radius 2 is 0.255 bits per heavy atom. The molecule has 28 aromatic rings. The van der Waals surface area contributed by atoms with Crippen LogP contribution in [0.25, 0.3) is 220 Å². The highest BCUT2D eigenvalue weighted by Crippen LogP contribution is 2.55. The maximum Gasteiger partial charge on any atom is 0.0788 e. The molecule has 0 aliphatic rings. The van der Waals surface area contributed by atoms with Crippen LogP contribution in [0.4, 0.5) is 0 Å². The van der Waals surface area contributed by atoms with E-state index >= 15 is 0 Å². The van der Waals surface area contributed by atoms with Crippen molar-refractivity contribution in [3.05, 3.63) is 479 Å². The van der Waals surface area contributed by atoms with E-state index in [0.29, 0.717) is 0 Å². The molecule has 8 heterocycles. The predicted molar refractivity (Wildman–Crippen MR) is 577 cm³/mol. The first-order chi connectivity index (χ1) is 67.3. The minimum Gasteiger partial charge on any atom is -0.307 e. The summed E-state index contributed by atoms with van der Waals surface area (Å²) < 4.78 is 20.6. The fourth-order valence-corrected chi connectivity index (χ4v) is 24.1. The topological polar surface area (TPSA) is 39.4 Å². The van der Waals surface area contributed by atoms with E-state index in [9.17, 15) is 0 Å². The van der Waals surface area contributed by atoms with Crippen molar-refractivity contribution < 1.29 is 0 Å². The van der Waals surface area contributed by atoms with E-state index in [4.69, 9.17) is 0 Å². The zero-order chi connectivity index (χ0) is 91.2. The monoisotopic (exact) mass is 1750 g/mol. The Morgan fingerprint density at radius 3 is 0.416 bits per heavy atom. The Hall–Kier alpha value is -17.2. The highest BCUT2D eigenvalue weighted by molar-refractivity contribution is 6.29. The van der Waals surface area contributed by atoms with Crippen LogP contribution in [0, 0.1) is 55.4 Å². The largest absolute Gasteiger partial charge is 0.307 e. The van der Waals surface area contributed by atoms with Crippen molar-refractivity contribution in [3.8, 4) is 45.5 Å². The quantitative estimate of drug-likeness (QED) is 0.109. The molecule has 0 bridgehead atoms. The Kier molecular flexibility index (Phi) is 16.8. The van der Waals surface area contributed by atoms with Gasteiger partial charge in [-0.15, -0.1) is 0 Å². The number of nitrogens with zero attached hydrogens (tertiary/aromatic N) is 8. The second-order valence-corrected chi connectivity index (χ2v) is 38.3. The molecule has 8 heteroatoms. The lowest BCUT2D eigenvalue weighted by Crippen LogP contribution is -2.31. The van der Waals surface area contributed by atoms with Gasteiger partial charge < -0.3 is 36.5 Å². The molecule has 0 aliphatic heterocycles. The van der Waals surface area contributed by atoms with Crippen LogP contribution in [-0.2, 0) is 5.41 Å². The number of aryl methyl sites for hydroxylation is 8. The molecular weight excluding hydrogens is 1660 g/mol. The second kappa shape index (κ2) is 29.4. The zero-order valence-electron chi connectivity index (χ0n) is 77.3. The normalized spacial score (nSPS) is 12.4. The average Bonchev–Trinajstić information content (AvgIpc) is 1.56. The third-order valence-corrected chi connectivity index (χ3v) is 30.9. The molecule has 0 radical (unpaired) electrons. The van der Waals surface area contributed by atoms with Crippen molar-refractivity contribution in [1.82, 2.24) is 36.5 Å². The molecule has 0 atom stereocenters. The third kappa shape index (κ3) is 11.1. The Balaban J connectivity index is 0.852. The maximum absolute atomic E-state index is 2.62. The first-order valence-corrected chi connectivity index (χ1v) is 47.9. The highest BCUT2D eigenvalue weighted by Gasteiger charge is 2.42. The number of hydrogen-bond acceptors (Lipinski definition) is 0. The standard InChI is InChI=1S/C129H92N8/c1-77-65-109-105-61-57-101-97-53-49-85(73-117(97)134(93-41-25-13-26-42-93)121(101)125(105)130(113(109)69-81(77)5)89-33-17-9-18-34-89)129(86-50-54-98-102-58-62-106-110-66-78(2)82(6)70-114(110)131(90-35-19-10-20-36-90)126(106)122(102)135(118(98)74-86)94-43-27-14-28-44-94,87-51-55-99-103-59-63-107-111-67-79(3)83(7)71-115(111)132(91-37-21-11-22-38-91)127(107)123(103)136(119(99)75-87)95-45-29-15-30-46-95)88-52-56-100-104-60-64-108-112-68-80(4)84(8)72-116(112)133(92-39-23-12-24-40-92)128(108)124(104)137(120(100)76-88)96-47-31-16-32-48-96/h9-76H,1-8H3. The van der Waals surface area contributed by atoms with Gasteiger partial charge in [0.05, 0.1) is 93.7 Å². The Morgan fingerprint density at radius 1 is 0.124 bits per heavy atom. The number of rotatable bonds is 12. The fourth-order valence-electron chi connectivity index (χ4n) is 24.1. The van der Waals surface area contributed by atoms with Crippen molar-refractivity contribution in [2.45, 2.75) is 60.8 Å². The average molecular weight is 1750 g/mol. The van der Waals surface area contributed by atoms with Crippen molar-refractivity contribution >= 4 is 174 Å². The van der Waals surface area contributed by atoms with Gasteiger partial charge in [0.1, 0.15) is 0 Å². The minimum atomic E-state index is -1.24. The lowest BCUT2D eigenvalue weighted by Gasteiger charge is -2.37. The molecule has 8 aromatic heterocycles. The molecule has 0 unspecified atom stereocenters. The molecule has 0 fully saturated rings. The first-order valence-electron chi connectivity index (χ1n) is 47.9. The number of hydrogen-bond donors (Lipinski definition) is 0. The van der Waals surface area contributed by atoms with E-state index in [1.165, 1.54) is 110 Å². The molecule has 0 N–H and O–H groups in total. The summed E-state index contributed by atoms with van der Waals surface area (Å²) in [6, 6.07) is 158. The van der Waals surface area contributed by atoms with E-state index in [-0.39, 0.29) is 0 Å². The second-order valence-electron chi connectivity index (χ2n) is 38.3. The summed E-state index contributed by atoms with van der Waals surface area (Å²) in [4.78, 5) is 0. The molecule has 0 saturated heterocycles. The van der Waals surface area contributed by atoms with Gasteiger partial charge in [0.25, 0.3) is 0 Å². The van der Waals surface area contributed by atoms with Crippen molar-refractivity contribution in [2.24, 2.45) is 0 Å². The van der Waals surface area contributed by atoms with Crippen LogP contribution in [0.1, 0.15) is 66.8 Å². The third-order valence-electron chi connectivity index (χ3n) is 30.9. The first kappa shape index (κ1) is 78.5. The van der Waals surface area contributed by atoms with Crippen LogP contribution in [-0.4, -0.2) is 36.5 Å². The van der Waals surface area contributed by atoms with E-state index in [2.05, 4.69) is 504 Å². The van der Waals surface area contributed by atoms with Gasteiger partial charge in [-0.1, -0.05) is 243 Å². The van der Waals surface area contributed by atoms with E-state index < -0.39 is 5.41 Å². The summed E-state index contributed by atoms with van der Waals surface area (Å²) in [6.45, 7) is 18.1. The number of para-hydroxylation sites is 8. The summed E-state index contributed by atoms with van der Waals surface area (Å²) in [7, 11) is 0. The van der Waals surface area contributed by atoms with Gasteiger partial charge >= 0.3 is 0 Å². The molecule has 0 amide bonds. The number of benzene rings is 20. The van der Waals surface area contributed by atoms with Crippen LogP contribution in [0.2, 0.25) is 0 Å².